The van der Waals surface area contributed by atoms with Crippen LogP contribution >= 0.6 is 0 Å². The van der Waals surface area contributed by atoms with E-state index in [2.05, 4.69) is 35.1 Å². The molecule has 4 N–H and O–H groups in total. The monoisotopic (exact) mass is 590 g/mol. The van der Waals surface area contributed by atoms with E-state index in [4.69, 9.17) is 0 Å². The molecule has 0 aliphatic heterocycles. The maximum atomic E-state index is 14.0. The molecule has 0 saturated carbocycles. The van der Waals surface area contributed by atoms with Crippen molar-refractivity contribution >= 4 is 26.5 Å². The average molecular weight is 591 g/mol. The number of anilines is 1. The standard InChI is InChI=1S/C32H58N6O2S/c1-5-33-21-7-8-23-35-24-9-10-25-36-26-12-14-28-38(27-13-11-22-34-6-2)41(39,40)32-20-16-17-29-30(32)18-15-19-31(29)37(3)4/h15-20,33-36H,5-14,21-28H2,1-4H3. The largest absolute Gasteiger partial charge is 0.377 e. The first-order valence-electron chi connectivity index (χ1n) is 16.0. The van der Waals surface area contributed by atoms with Crippen LogP contribution in [0.2, 0.25) is 0 Å². The minimum Gasteiger partial charge on any atom is -0.377 e. The van der Waals surface area contributed by atoms with Crippen molar-refractivity contribution < 1.29 is 8.42 Å². The SMILES string of the molecule is CCNCCCCNCCCCNCCCCN(CCCCNCC)S(=O)(=O)c1cccc2c(N(C)C)cccc12. The summed E-state index contributed by atoms with van der Waals surface area (Å²) < 4.78 is 29.7. The summed E-state index contributed by atoms with van der Waals surface area (Å²) in [5.74, 6) is 0. The molecule has 0 atom stereocenters. The van der Waals surface area contributed by atoms with Crippen LogP contribution < -0.4 is 26.2 Å². The summed E-state index contributed by atoms with van der Waals surface area (Å²) in [6.45, 7) is 13.5. The van der Waals surface area contributed by atoms with Crippen LogP contribution in [0.25, 0.3) is 10.8 Å². The zero-order valence-corrected chi connectivity index (χ0v) is 27.1. The lowest BCUT2D eigenvalue weighted by atomic mass is 10.1. The van der Waals surface area contributed by atoms with Crippen molar-refractivity contribution in [1.29, 1.82) is 0 Å². The van der Waals surface area contributed by atoms with E-state index in [-0.39, 0.29) is 0 Å². The molecule has 234 valence electrons. The Hall–Kier alpha value is -1.75. The third kappa shape index (κ3) is 13.0. The molecule has 0 fully saturated rings. The molecule has 0 bridgehead atoms. The highest BCUT2D eigenvalue weighted by atomic mass is 32.2. The van der Waals surface area contributed by atoms with Gasteiger partial charge in [0, 0.05) is 43.6 Å². The second kappa shape index (κ2) is 21.0. The third-order valence-electron chi connectivity index (χ3n) is 7.40. The lowest BCUT2D eigenvalue weighted by Crippen LogP contribution is -2.34. The fraction of sp³-hybridized carbons (Fsp3) is 0.688. The molecule has 0 aliphatic rings. The van der Waals surface area contributed by atoms with Gasteiger partial charge >= 0.3 is 0 Å². The van der Waals surface area contributed by atoms with Crippen molar-refractivity contribution in [2.75, 3.05) is 84.4 Å². The van der Waals surface area contributed by atoms with E-state index in [1.54, 1.807) is 10.4 Å². The Morgan fingerprint density at radius 1 is 0.585 bits per heavy atom. The molecule has 2 rings (SSSR count). The number of unbranched alkanes of at least 4 members (excludes halogenated alkanes) is 4. The molecule has 2 aromatic carbocycles. The van der Waals surface area contributed by atoms with Crippen LogP contribution in [0.5, 0.6) is 0 Å². The molecule has 0 amide bonds. The Morgan fingerprint density at radius 3 is 1.51 bits per heavy atom. The van der Waals surface area contributed by atoms with Gasteiger partial charge in [0.15, 0.2) is 0 Å². The van der Waals surface area contributed by atoms with E-state index in [9.17, 15) is 8.42 Å². The van der Waals surface area contributed by atoms with Gasteiger partial charge in [0.05, 0.1) is 4.90 Å². The topological polar surface area (TPSA) is 88.7 Å². The van der Waals surface area contributed by atoms with Crippen molar-refractivity contribution in [2.24, 2.45) is 0 Å². The molecule has 0 heterocycles. The van der Waals surface area contributed by atoms with E-state index >= 15 is 0 Å². The molecule has 0 aromatic heterocycles. The predicted octanol–water partition coefficient (Wildman–Crippen LogP) is 4.42. The van der Waals surface area contributed by atoms with Gasteiger partial charge in [0.2, 0.25) is 10.0 Å². The van der Waals surface area contributed by atoms with Crippen molar-refractivity contribution in [1.82, 2.24) is 25.6 Å². The summed E-state index contributed by atoms with van der Waals surface area (Å²) in [6, 6.07) is 11.6. The molecule has 0 unspecified atom stereocenters. The first-order valence-corrected chi connectivity index (χ1v) is 17.4. The lowest BCUT2D eigenvalue weighted by Gasteiger charge is -2.24. The van der Waals surface area contributed by atoms with E-state index in [1.807, 2.05) is 49.3 Å². The lowest BCUT2D eigenvalue weighted by molar-refractivity contribution is 0.387. The minimum atomic E-state index is -3.62. The fourth-order valence-corrected chi connectivity index (χ4v) is 6.77. The van der Waals surface area contributed by atoms with Gasteiger partial charge < -0.3 is 26.2 Å². The molecular weight excluding hydrogens is 532 g/mol. The molecule has 0 aliphatic carbocycles. The van der Waals surface area contributed by atoms with Gasteiger partial charge in [0.25, 0.3) is 0 Å². The Kier molecular flexibility index (Phi) is 18.2. The second-order valence-electron chi connectivity index (χ2n) is 11.0. The maximum absolute atomic E-state index is 14.0. The second-order valence-corrected chi connectivity index (χ2v) is 12.9. The van der Waals surface area contributed by atoms with E-state index in [0.29, 0.717) is 18.0 Å². The zero-order valence-electron chi connectivity index (χ0n) is 26.3. The quantitative estimate of drug-likeness (QED) is 0.127. The molecule has 0 saturated heterocycles. The Balaban J connectivity index is 1.84. The summed E-state index contributed by atoms with van der Waals surface area (Å²) in [7, 11) is 0.366. The summed E-state index contributed by atoms with van der Waals surface area (Å²) in [5, 5.41) is 15.6. The number of hydrogen-bond acceptors (Lipinski definition) is 7. The van der Waals surface area contributed by atoms with E-state index in [1.165, 1.54) is 19.3 Å². The number of benzene rings is 2. The van der Waals surface area contributed by atoms with Gasteiger partial charge in [-0.3, -0.25) is 0 Å². The third-order valence-corrected chi connectivity index (χ3v) is 9.35. The Labute approximate surface area is 251 Å². The van der Waals surface area contributed by atoms with Crippen molar-refractivity contribution in [3.8, 4) is 0 Å². The smallest absolute Gasteiger partial charge is 0.243 e. The number of fused-ring (bicyclic) bond motifs is 1. The number of hydrogen-bond donors (Lipinski definition) is 4. The average Bonchev–Trinajstić information content (AvgIpc) is 2.97. The van der Waals surface area contributed by atoms with Crippen LogP contribution in [0.15, 0.2) is 41.3 Å². The van der Waals surface area contributed by atoms with Gasteiger partial charge in [-0.25, -0.2) is 8.42 Å². The van der Waals surface area contributed by atoms with E-state index in [0.717, 1.165) is 101 Å². The van der Waals surface area contributed by atoms with Gasteiger partial charge in [-0.05, 0) is 116 Å². The van der Waals surface area contributed by atoms with Crippen LogP contribution in [-0.4, -0.2) is 92.3 Å². The van der Waals surface area contributed by atoms with Gasteiger partial charge in [-0.1, -0.05) is 38.1 Å². The molecule has 0 spiro atoms. The Bertz CT molecular complexity index is 1060. The Morgan fingerprint density at radius 2 is 1.02 bits per heavy atom. The van der Waals surface area contributed by atoms with Gasteiger partial charge in [-0.2, -0.15) is 4.31 Å². The van der Waals surface area contributed by atoms with Crippen LogP contribution in [0, 0.1) is 0 Å². The molecule has 8 nitrogen and oxygen atoms in total. The zero-order chi connectivity index (χ0) is 29.8. The van der Waals surface area contributed by atoms with Crippen LogP contribution in [0.3, 0.4) is 0 Å². The molecule has 41 heavy (non-hydrogen) atoms. The van der Waals surface area contributed by atoms with Crippen LogP contribution in [-0.2, 0) is 10.0 Å². The number of nitrogens with zero attached hydrogens (tertiary/aromatic N) is 2. The van der Waals surface area contributed by atoms with E-state index < -0.39 is 10.0 Å². The first-order chi connectivity index (χ1) is 19.9. The van der Waals surface area contributed by atoms with Gasteiger partial charge in [0.1, 0.15) is 0 Å². The number of sulfonamides is 1. The molecular formula is C32H58N6O2S. The summed E-state index contributed by atoms with van der Waals surface area (Å²) in [4.78, 5) is 2.45. The molecule has 9 heteroatoms. The normalized spacial score (nSPS) is 12.0. The first kappa shape index (κ1) is 35.4. The highest BCUT2D eigenvalue weighted by molar-refractivity contribution is 7.89. The van der Waals surface area contributed by atoms with Crippen LogP contribution in [0.1, 0.15) is 65.2 Å². The van der Waals surface area contributed by atoms with Crippen molar-refractivity contribution in [2.45, 2.75) is 70.1 Å². The molecule has 2 aromatic rings. The highest BCUT2D eigenvalue weighted by Gasteiger charge is 2.26. The van der Waals surface area contributed by atoms with Gasteiger partial charge in [-0.15, -0.1) is 0 Å². The maximum Gasteiger partial charge on any atom is 0.243 e. The minimum absolute atomic E-state index is 0.412. The number of nitrogens with one attached hydrogen (secondary N) is 4. The fourth-order valence-electron chi connectivity index (χ4n) is 5.05. The van der Waals surface area contributed by atoms with Crippen LogP contribution in [0.4, 0.5) is 5.69 Å². The highest BCUT2D eigenvalue weighted by Crippen LogP contribution is 2.31. The van der Waals surface area contributed by atoms with Crippen molar-refractivity contribution in [3.63, 3.8) is 0 Å². The predicted molar refractivity (Wildman–Crippen MR) is 177 cm³/mol. The summed E-state index contributed by atoms with van der Waals surface area (Å²) in [5.41, 5.74) is 1.03. The number of rotatable bonds is 25. The summed E-state index contributed by atoms with van der Waals surface area (Å²) in [6.07, 6.45) is 8.43. The summed E-state index contributed by atoms with van der Waals surface area (Å²) >= 11 is 0. The van der Waals surface area contributed by atoms with Crippen molar-refractivity contribution in [3.05, 3.63) is 36.4 Å². The molecule has 0 radical (unpaired) electrons.